The minimum absolute atomic E-state index is 0.187. The third kappa shape index (κ3) is 3.02. The summed E-state index contributed by atoms with van der Waals surface area (Å²) >= 11 is 5.94. The molecule has 0 aliphatic rings. The summed E-state index contributed by atoms with van der Waals surface area (Å²) < 4.78 is 5.88. The number of nitrogen functional groups attached to an aromatic ring is 1. The molecule has 2 N–H and O–H groups in total. The largest absolute Gasteiger partial charge is 0.438 e. The molecular formula is C15H18ClN3O. The lowest BCUT2D eigenvalue weighted by atomic mass is 10.2. The van der Waals surface area contributed by atoms with Gasteiger partial charge in [0, 0.05) is 10.9 Å². The lowest BCUT2D eigenvalue weighted by Gasteiger charge is -2.13. The first-order valence-electron chi connectivity index (χ1n) is 6.46. The predicted octanol–water partition coefficient (Wildman–Crippen LogP) is 4.24. The van der Waals surface area contributed by atoms with Gasteiger partial charge in [-0.1, -0.05) is 25.4 Å². The lowest BCUT2D eigenvalue weighted by molar-refractivity contribution is 0.450. The normalized spacial score (nSPS) is 10.9. The Labute approximate surface area is 124 Å². The first kappa shape index (κ1) is 14.6. The van der Waals surface area contributed by atoms with Crippen molar-refractivity contribution >= 4 is 17.4 Å². The summed E-state index contributed by atoms with van der Waals surface area (Å²) in [6, 6.07) is 5.46. The van der Waals surface area contributed by atoms with Crippen LogP contribution < -0.4 is 10.5 Å². The van der Waals surface area contributed by atoms with Crippen molar-refractivity contribution in [1.29, 1.82) is 0 Å². The van der Waals surface area contributed by atoms with Crippen LogP contribution in [0.25, 0.3) is 0 Å². The molecule has 0 aliphatic heterocycles. The molecule has 0 bridgehead atoms. The average Bonchev–Trinajstić information content (AvgIpc) is 2.37. The van der Waals surface area contributed by atoms with Crippen molar-refractivity contribution in [2.75, 3.05) is 5.73 Å². The molecular weight excluding hydrogens is 274 g/mol. The Morgan fingerprint density at radius 2 is 1.90 bits per heavy atom. The fraction of sp³-hybridized carbons (Fsp3) is 0.333. The molecule has 2 aromatic rings. The number of ether oxygens (including phenoxy) is 1. The molecule has 4 nitrogen and oxygen atoms in total. The van der Waals surface area contributed by atoms with E-state index >= 15 is 0 Å². The van der Waals surface area contributed by atoms with Gasteiger partial charge >= 0.3 is 0 Å². The maximum atomic E-state index is 5.94. The van der Waals surface area contributed by atoms with E-state index in [2.05, 4.69) is 9.97 Å². The molecule has 0 radical (unpaired) electrons. The summed E-state index contributed by atoms with van der Waals surface area (Å²) in [4.78, 5) is 8.72. The molecule has 2 rings (SSSR count). The molecule has 0 saturated heterocycles. The number of nitrogens with zero attached hydrogens (tertiary/aromatic N) is 2. The number of aryl methyl sites for hydroxylation is 1. The van der Waals surface area contributed by atoms with Crippen molar-refractivity contribution in [2.45, 2.75) is 33.6 Å². The topological polar surface area (TPSA) is 61.0 Å². The van der Waals surface area contributed by atoms with Gasteiger partial charge in [-0.3, -0.25) is 0 Å². The fourth-order valence-electron chi connectivity index (χ4n) is 1.72. The van der Waals surface area contributed by atoms with E-state index in [1.54, 1.807) is 6.07 Å². The smallest absolute Gasteiger partial charge is 0.227 e. The Bertz CT molecular complexity index is 641. The zero-order valence-electron chi connectivity index (χ0n) is 12.1. The monoisotopic (exact) mass is 291 g/mol. The second kappa shape index (κ2) is 5.67. The third-order valence-corrected chi connectivity index (χ3v) is 3.25. The number of rotatable bonds is 3. The summed E-state index contributed by atoms with van der Waals surface area (Å²) in [5.41, 5.74) is 7.61. The number of anilines is 1. The van der Waals surface area contributed by atoms with E-state index in [0.717, 1.165) is 11.1 Å². The van der Waals surface area contributed by atoms with Crippen LogP contribution in [-0.4, -0.2) is 9.97 Å². The minimum atomic E-state index is 0.187. The second-order valence-corrected chi connectivity index (χ2v) is 5.50. The molecule has 1 aromatic carbocycles. The molecule has 0 fully saturated rings. The number of hydrogen-bond donors (Lipinski definition) is 1. The van der Waals surface area contributed by atoms with Crippen LogP contribution >= 0.6 is 11.6 Å². The highest BCUT2D eigenvalue weighted by atomic mass is 35.5. The number of nitrogens with two attached hydrogens (primary N) is 1. The maximum absolute atomic E-state index is 5.94. The van der Waals surface area contributed by atoms with Gasteiger partial charge in [-0.25, -0.2) is 4.98 Å². The Kier molecular flexibility index (Phi) is 4.14. The molecule has 1 heterocycles. The van der Waals surface area contributed by atoms with E-state index in [9.17, 15) is 0 Å². The van der Waals surface area contributed by atoms with Crippen molar-refractivity contribution in [3.8, 4) is 11.6 Å². The van der Waals surface area contributed by atoms with Crippen molar-refractivity contribution in [3.63, 3.8) is 0 Å². The van der Waals surface area contributed by atoms with Gasteiger partial charge in [0.05, 0.1) is 5.56 Å². The van der Waals surface area contributed by atoms with Gasteiger partial charge in [0.25, 0.3) is 0 Å². The van der Waals surface area contributed by atoms with E-state index in [1.165, 1.54) is 0 Å². The van der Waals surface area contributed by atoms with Gasteiger partial charge in [0.2, 0.25) is 5.88 Å². The van der Waals surface area contributed by atoms with Crippen LogP contribution in [0.5, 0.6) is 11.6 Å². The van der Waals surface area contributed by atoms with Crippen molar-refractivity contribution in [2.24, 2.45) is 0 Å². The first-order chi connectivity index (χ1) is 9.38. The summed E-state index contributed by atoms with van der Waals surface area (Å²) in [7, 11) is 0. The van der Waals surface area contributed by atoms with Crippen LogP contribution in [0.3, 0.4) is 0 Å². The average molecular weight is 292 g/mol. The highest BCUT2D eigenvalue weighted by Gasteiger charge is 2.14. The molecule has 20 heavy (non-hydrogen) atoms. The van der Waals surface area contributed by atoms with Crippen molar-refractivity contribution in [3.05, 3.63) is 40.2 Å². The molecule has 0 atom stereocenters. The summed E-state index contributed by atoms with van der Waals surface area (Å²) in [6.45, 7) is 7.81. The van der Waals surface area contributed by atoms with E-state index in [1.807, 2.05) is 39.8 Å². The van der Waals surface area contributed by atoms with E-state index in [0.29, 0.717) is 28.3 Å². The number of hydrogen-bond acceptors (Lipinski definition) is 4. The molecule has 0 amide bonds. The predicted molar refractivity (Wildman–Crippen MR) is 81.5 cm³/mol. The second-order valence-electron chi connectivity index (χ2n) is 5.06. The van der Waals surface area contributed by atoms with E-state index < -0.39 is 0 Å². The quantitative estimate of drug-likeness (QED) is 0.918. The maximum Gasteiger partial charge on any atom is 0.227 e. The Balaban J connectivity index is 2.42. The molecule has 1 aromatic heterocycles. The number of aromatic nitrogens is 2. The number of halogens is 1. The van der Waals surface area contributed by atoms with Crippen molar-refractivity contribution in [1.82, 2.24) is 9.97 Å². The van der Waals surface area contributed by atoms with Gasteiger partial charge in [0.15, 0.2) is 0 Å². The van der Waals surface area contributed by atoms with Gasteiger partial charge in [0.1, 0.15) is 17.4 Å². The van der Waals surface area contributed by atoms with Gasteiger partial charge in [-0.15, -0.1) is 0 Å². The standard InChI is InChI=1S/C15H18ClN3O/c1-8(2)14-18-13(17)10(4)15(19-14)20-12-6-5-11(16)7-9(12)3/h5-8H,1-4H3,(H2,17,18,19). The zero-order valence-corrected chi connectivity index (χ0v) is 12.8. The lowest BCUT2D eigenvalue weighted by Crippen LogP contribution is -2.06. The highest BCUT2D eigenvalue weighted by molar-refractivity contribution is 6.30. The zero-order chi connectivity index (χ0) is 14.9. The number of benzene rings is 1. The molecule has 0 spiro atoms. The van der Waals surface area contributed by atoms with Gasteiger partial charge < -0.3 is 10.5 Å². The van der Waals surface area contributed by atoms with Gasteiger partial charge in [-0.05, 0) is 37.6 Å². The molecule has 0 saturated carbocycles. The van der Waals surface area contributed by atoms with Crippen LogP contribution in [0.2, 0.25) is 5.02 Å². The fourth-order valence-corrected chi connectivity index (χ4v) is 1.95. The Hall–Kier alpha value is -1.81. The van der Waals surface area contributed by atoms with Crippen LogP contribution in [-0.2, 0) is 0 Å². The van der Waals surface area contributed by atoms with Gasteiger partial charge in [-0.2, -0.15) is 4.98 Å². The molecule has 5 heteroatoms. The van der Waals surface area contributed by atoms with Crippen LogP contribution in [0.4, 0.5) is 5.82 Å². The van der Waals surface area contributed by atoms with Crippen molar-refractivity contribution < 1.29 is 4.74 Å². The van der Waals surface area contributed by atoms with Crippen LogP contribution in [0.15, 0.2) is 18.2 Å². The first-order valence-corrected chi connectivity index (χ1v) is 6.84. The highest BCUT2D eigenvalue weighted by Crippen LogP contribution is 2.30. The summed E-state index contributed by atoms with van der Waals surface area (Å²) in [6.07, 6.45) is 0. The Morgan fingerprint density at radius 1 is 1.20 bits per heavy atom. The summed E-state index contributed by atoms with van der Waals surface area (Å²) in [5, 5.41) is 0.677. The minimum Gasteiger partial charge on any atom is -0.438 e. The van der Waals surface area contributed by atoms with Crippen LogP contribution in [0.1, 0.15) is 36.7 Å². The molecule has 0 aliphatic carbocycles. The molecule has 0 unspecified atom stereocenters. The summed E-state index contributed by atoms with van der Waals surface area (Å²) in [5.74, 6) is 2.52. The van der Waals surface area contributed by atoms with E-state index in [4.69, 9.17) is 22.1 Å². The third-order valence-electron chi connectivity index (χ3n) is 3.02. The SMILES string of the molecule is Cc1cc(Cl)ccc1Oc1nc(C(C)C)nc(N)c1C. The Morgan fingerprint density at radius 3 is 2.50 bits per heavy atom. The van der Waals surface area contributed by atoms with Crippen LogP contribution in [0, 0.1) is 13.8 Å². The van der Waals surface area contributed by atoms with E-state index in [-0.39, 0.29) is 5.92 Å². The molecule has 106 valence electrons.